The lowest BCUT2D eigenvalue weighted by Gasteiger charge is -2.34. The SMILES string of the molecule is CCNC(=NCc1ccnc(N2CCN(CC)CC2)c1)NCCc1ccccc1. The average molecular weight is 395 g/mol. The first kappa shape index (κ1) is 21.1. The van der Waals surface area contributed by atoms with Gasteiger partial charge in [-0.2, -0.15) is 0 Å². The molecule has 29 heavy (non-hydrogen) atoms. The second-order valence-corrected chi connectivity index (χ2v) is 7.30. The van der Waals surface area contributed by atoms with Gasteiger partial charge in [-0.25, -0.2) is 9.98 Å². The third-order valence-corrected chi connectivity index (χ3v) is 5.27. The standard InChI is InChI=1S/C23H34N6/c1-3-24-23(26-13-10-20-8-6-5-7-9-20)27-19-21-11-12-25-22(18-21)29-16-14-28(4-2)15-17-29/h5-9,11-12,18H,3-4,10,13-17,19H2,1-2H3,(H2,24,26,27). The third kappa shape index (κ3) is 6.75. The maximum Gasteiger partial charge on any atom is 0.191 e. The predicted octanol–water partition coefficient (Wildman–Crippen LogP) is 2.52. The van der Waals surface area contributed by atoms with Gasteiger partial charge in [0.1, 0.15) is 5.82 Å². The topological polar surface area (TPSA) is 55.8 Å². The van der Waals surface area contributed by atoms with Gasteiger partial charge in [0.2, 0.25) is 0 Å². The number of rotatable bonds is 8. The Hall–Kier alpha value is -2.60. The summed E-state index contributed by atoms with van der Waals surface area (Å²) in [6.07, 6.45) is 2.89. The molecule has 0 atom stereocenters. The summed E-state index contributed by atoms with van der Waals surface area (Å²) in [6.45, 7) is 12.1. The Balaban J connectivity index is 1.54. The molecule has 2 heterocycles. The highest BCUT2D eigenvalue weighted by atomic mass is 15.3. The number of hydrogen-bond donors (Lipinski definition) is 2. The van der Waals surface area contributed by atoms with Crippen molar-refractivity contribution in [1.29, 1.82) is 0 Å². The number of aromatic nitrogens is 1. The first-order chi connectivity index (χ1) is 14.3. The van der Waals surface area contributed by atoms with Gasteiger partial charge >= 0.3 is 0 Å². The Morgan fingerprint density at radius 3 is 2.52 bits per heavy atom. The number of nitrogens with one attached hydrogen (secondary N) is 2. The van der Waals surface area contributed by atoms with Gasteiger partial charge in [-0.1, -0.05) is 37.3 Å². The zero-order valence-corrected chi connectivity index (χ0v) is 17.8. The quantitative estimate of drug-likeness (QED) is 0.532. The summed E-state index contributed by atoms with van der Waals surface area (Å²) in [4.78, 5) is 14.2. The van der Waals surface area contributed by atoms with Crippen molar-refractivity contribution in [2.24, 2.45) is 4.99 Å². The van der Waals surface area contributed by atoms with Gasteiger partial charge in [-0.05, 0) is 43.1 Å². The molecule has 2 aromatic rings. The molecule has 2 N–H and O–H groups in total. The van der Waals surface area contributed by atoms with E-state index in [2.05, 4.69) is 81.7 Å². The first-order valence-corrected chi connectivity index (χ1v) is 10.8. The van der Waals surface area contributed by atoms with E-state index >= 15 is 0 Å². The lowest BCUT2D eigenvalue weighted by Crippen LogP contribution is -2.46. The molecule has 1 aliphatic heterocycles. The second kappa shape index (κ2) is 11.4. The molecular weight excluding hydrogens is 360 g/mol. The maximum absolute atomic E-state index is 4.77. The first-order valence-electron chi connectivity index (χ1n) is 10.8. The lowest BCUT2D eigenvalue weighted by atomic mass is 10.1. The monoisotopic (exact) mass is 394 g/mol. The Kier molecular flexibility index (Phi) is 8.31. The number of anilines is 1. The van der Waals surface area contributed by atoms with Crippen molar-refractivity contribution in [1.82, 2.24) is 20.5 Å². The molecule has 0 aliphatic carbocycles. The van der Waals surface area contributed by atoms with E-state index < -0.39 is 0 Å². The smallest absolute Gasteiger partial charge is 0.191 e. The number of guanidine groups is 1. The fourth-order valence-electron chi connectivity index (χ4n) is 3.51. The van der Waals surface area contributed by atoms with Crippen molar-refractivity contribution >= 4 is 11.8 Å². The molecule has 0 spiro atoms. The molecule has 1 saturated heterocycles. The van der Waals surface area contributed by atoms with Crippen LogP contribution < -0.4 is 15.5 Å². The molecule has 0 unspecified atom stereocenters. The van der Waals surface area contributed by atoms with E-state index in [4.69, 9.17) is 4.99 Å². The zero-order chi connectivity index (χ0) is 20.3. The van der Waals surface area contributed by atoms with Crippen molar-refractivity contribution in [2.45, 2.75) is 26.8 Å². The summed E-state index contributed by atoms with van der Waals surface area (Å²) in [5.41, 5.74) is 2.52. The molecule has 0 amide bonds. The lowest BCUT2D eigenvalue weighted by molar-refractivity contribution is 0.270. The van der Waals surface area contributed by atoms with Crippen molar-refractivity contribution in [3.63, 3.8) is 0 Å². The minimum atomic E-state index is 0.644. The fraction of sp³-hybridized carbons (Fsp3) is 0.478. The molecular formula is C23H34N6. The highest BCUT2D eigenvalue weighted by Crippen LogP contribution is 2.15. The van der Waals surface area contributed by atoms with E-state index in [0.717, 1.165) is 64.0 Å². The van der Waals surface area contributed by atoms with Crippen molar-refractivity contribution in [2.75, 3.05) is 50.7 Å². The van der Waals surface area contributed by atoms with E-state index in [1.807, 2.05) is 6.20 Å². The maximum atomic E-state index is 4.77. The van der Waals surface area contributed by atoms with Gasteiger partial charge in [-0.15, -0.1) is 0 Å². The molecule has 0 saturated carbocycles. The largest absolute Gasteiger partial charge is 0.357 e. The van der Waals surface area contributed by atoms with Crippen LogP contribution in [0.4, 0.5) is 5.82 Å². The van der Waals surface area contributed by atoms with Gasteiger partial charge in [0.25, 0.3) is 0 Å². The van der Waals surface area contributed by atoms with Crippen molar-refractivity contribution in [3.05, 3.63) is 59.8 Å². The number of nitrogens with zero attached hydrogens (tertiary/aromatic N) is 4. The summed E-state index contributed by atoms with van der Waals surface area (Å²) < 4.78 is 0. The summed E-state index contributed by atoms with van der Waals surface area (Å²) in [7, 11) is 0. The third-order valence-electron chi connectivity index (χ3n) is 5.27. The molecule has 3 rings (SSSR count). The summed E-state index contributed by atoms with van der Waals surface area (Å²) in [5.74, 6) is 1.92. The van der Waals surface area contributed by atoms with Crippen LogP contribution >= 0.6 is 0 Å². The van der Waals surface area contributed by atoms with E-state index in [1.54, 1.807) is 0 Å². The summed E-state index contributed by atoms with van der Waals surface area (Å²) in [5, 5.41) is 6.77. The molecule has 1 aliphatic rings. The minimum Gasteiger partial charge on any atom is -0.357 e. The number of piperazine rings is 1. The van der Waals surface area contributed by atoms with Crippen LogP contribution in [0.15, 0.2) is 53.7 Å². The van der Waals surface area contributed by atoms with Crippen LogP contribution in [-0.4, -0.2) is 61.7 Å². The Morgan fingerprint density at radius 1 is 1.00 bits per heavy atom. The zero-order valence-electron chi connectivity index (χ0n) is 17.8. The van der Waals surface area contributed by atoms with Gasteiger partial charge in [0.15, 0.2) is 5.96 Å². The molecule has 156 valence electrons. The molecule has 1 fully saturated rings. The van der Waals surface area contributed by atoms with Crippen LogP contribution in [0.5, 0.6) is 0 Å². The summed E-state index contributed by atoms with van der Waals surface area (Å²) >= 11 is 0. The fourth-order valence-corrected chi connectivity index (χ4v) is 3.51. The van der Waals surface area contributed by atoms with Crippen LogP contribution in [0.3, 0.4) is 0 Å². The molecule has 0 bridgehead atoms. The van der Waals surface area contributed by atoms with Gasteiger partial charge in [-0.3, -0.25) is 0 Å². The highest BCUT2D eigenvalue weighted by molar-refractivity contribution is 5.79. The highest BCUT2D eigenvalue weighted by Gasteiger charge is 2.16. The Morgan fingerprint density at radius 2 is 1.79 bits per heavy atom. The molecule has 6 heteroatoms. The van der Waals surface area contributed by atoms with Crippen LogP contribution in [0.25, 0.3) is 0 Å². The number of likely N-dealkylation sites (N-methyl/N-ethyl adjacent to an activating group) is 1. The van der Waals surface area contributed by atoms with E-state index in [9.17, 15) is 0 Å². The van der Waals surface area contributed by atoms with Gasteiger partial charge < -0.3 is 20.4 Å². The van der Waals surface area contributed by atoms with Crippen molar-refractivity contribution < 1.29 is 0 Å². The van der Waals surface area contributed by atoms with Crippen LogP contribution in [-0.2, 0) is 13.0 Å². The van der Waals surface area contributed by atoms with E-state index in [1.165, 1.54) is 11.1 Å². The van der Waals surface area contributed by atoms with Crippen molar-refractivity contribution in [3.8, 4) is 0 Å². The number of aliphatic imine (C=N–C) groups is 1. The Labute approximate surface area is 175 Å². The van der Waals surface area contributed by atoms with Crippen LogP contribution in [0.2, 0.25) is 0 Å². The molecule has 0 radical (unpaired) electrons. The van der Waals surface area contributed by atoms with E-state index in [0.29, 0.717) is 6.54 Å². The molecule has 1 aromatic carbocycles. The minimum absolute atomic E-state index is 0.644. The average Bonchev–Trinajstić information content (AvgIpc) is 2.78. The molecule has 6 nitrogen and oxygen atoms in total. The van der Waals surface area contributed by atoms with Crippen LogP contribution in [0, 0.1) is 0 Å². The van der Waals surface area contributed by atoms with E-state index in [-0.39, 0.29) is 0 Å². The number of hydrogen-bond acceptors (Lipinski definition) is 4. The Bertz CT molecular complexity index is 753. The number of benzene rings is 1. The van der Waals surface area contributed by atoms with Gasteiger partial charge in [0, 0.05) is 45.5 Å². The summed E-state index contributed by atoms with van der Waals surface area (Å²) in [6, 6.07) is 14.8. The molecule has 1 aromatic heterocycles. The normalized spacial score (nSPS) is 15.4. The van der Waals surface area contributed by atoms with Gasteiger partial charge in [0.05, 0.1) is 6.54 Å². The second-order valence-electron chi connectivity index (χ2n) is 7.30. The predicted molar refractivity (Wildman–Crippen MR) is 122 cm³/mol. The van der Waals surface area contributed by atoms with Crippen LogP contribution in [0.1, 0.15) is 25.0 Å². The number of pyridine rings is 1.